The predicted molar refractivity (Wildman–Crippen MR) is 56.0 cm³/mol. The molecule has 2 fully saturated rings. The molecule has 0 aromatic rings. The van der Waals surface area contributed by atoms with Gasteiger partial charge in [-0.15, -0.1) is 0 Å². The van der Waals surface area contributed by atoms with E-state index in [2.05, 4.69) is 10.5 Å². The average molecular weight is 194 g/mol. The van der Waals surface area contributed by atoms with Crippen molar-refractivity contribution in [3.63, 3.8) is 0 Å². The van der Waals surface area contributed by atoms with Crippen molar-refractivity contribution in [2.75, 3.05) is 0 Å². The zero-order valence-corrected chi connectivity index (χ0v) is 8.59. The molecule has 0 spiro atoms. The van der Waals surface area contributed by atoms with Gasteiger partial charge in [-0.2, -0.15) is 5.10 Å². The molecule has 78 valence electrons. The quantitative estimate of drug-likeness (QED) is 0.531. The molecule has 2 rings (SSSR count). The zero-order valence-electron chi connectivity index (χ0n) is 8.59. The van der Waals surface area contributed by atoms with E-state index in [9.17, 15) is 4.79 Å². The highest BCUT2D eigenvalue weighted by Gasteiger charge is 2.29. The standard InChI is InChI=1S/C11H18N2O/c14-11(9-7-8-9)13-12-10-5-3-1-2-4-6-10/h9H,1-8H2,(H,13,14). The Kier molecular flexibility index (Phi) is 3.17. The summed E-state index contributed by atoms with van der Waals surface area (Å²) in [5, 5.41) is 4.22. The van der Waals surface area contributed by atoms with Gasteiger partial charge < -0.3 is 0 Å². The SMILES string of the molecule is O=C(NN=C1CCCCCC1)C1CC1. The molecule has 1 amide bonds. The molecule has 0 aliphatic heterocycles. The van der Waals surface area contributed by atoms with Crippen molar-refractivity contribution < 1.29 is 4.79 Å². The first-order valence-electron chi connectivity index (χ1n) is 5.71. The lowest BCUT2D eigenvalue weighted by Crippen LogP contribution is -2.20. The maximum Gasteiger partial charge on any atom is 0.243 e. The average Bonchev–Trinajstić information content (AvgIpc) is 3.01. The Balaban J connectivity index is 1.79. The van der Waals surface area contributed by atoms with Crippen molar-refractivity contribution in [3.05, 3.63) is 0 Å². The molecule has 0 aromatic carbocycles. The van der Waals surface area contributed by atoms with Crippen LogP contribution in [0.25, 0.3) is 0 Å². The van der Waals surface area contributed by atoms with E-state index in [0.717, 1.165) is 25.7 Å². The summed E-state index contributed by atoms with van der Waals surface area (Å²) in [5.41, 5.74) is 3.88. The summed E-state index contributed by atoms with van der Waals surface area (Å²) in [6, 6.07) is 0. The number of carbonyl (C=O) groups is 1. The largest absolute Gasteiger partial charge is 0.273 e. The minimum atomic E-state index is 0.127. The molecular formula is C11H18N2O. The van der Waals surface area contributed by atoms with E-state index in [1.807, 2.05) is 0 Å². The number of amides is 1. The topological polar surface area (TPSA) is 41.5 Å². The number of nitrogens with one attached hydrogen (secondary N) is 1. The van der Waals surface area contributed by atoms with Gasteiger partial charge in [-0.1, -0.05) is 12.8 Å². The van der Waals surface area contributed by atoms with Crippen LogP contribution in [0.3, 0.4) is 0 Å². The van der Waals surface area contributed by atoms with Gasteiger partial charge in [0, 0.05) is 11.6 Å². The number of hydrogen-bond donors (Lipinski definition) is 1. The maximum absolute atomic E-state index is 11.3. The van der Waals surface area contributed by atoms with E-state index >= 15 is 0 Å². The minimum absolute atomic E-state index is 0.127. The molecule has 2 aliphatic carbocycles. The van der Waals surface area contributed by atoms with Crippen molar-refractivity contribution in [1.82, 2.24) is 5.43 Å². The molecule has 0 bridgehead atoms. The minimum Gasteiger partial charge on any atom is -0.273 e. The molecule has 0 atom stereocenters. The highest BCUT2D eigenvalue weighted by Crippen LogP contribution is 2.28. The molecule has 2 saturated carbocycles. The lowest BCUT2D eigenvalue weighted by atomic mass is 10.2. The summed E-state index contributed by atoms with van der Waals surface area (Å²) in [4.78, 5) is 11.3. The molecule has 2 aliphatic rings. The van der Waals surface area contributed by atoms with Crippen LogP contribution in [-0.4, -0.2) is 11.6 Å². The second-order valence-electron chi connectivity index (χ2n) is 4.34. The summed E-state index contributed by atoms with van der Waals surface area (Å²) < 4.78 is 0. The van der Waals surface area contributed by atoms with Crippen molar-refractivity contribution in [2.45, 2.75) is 51.4 Å². The van der Waals surface area contributed by atoms with Crippen molar-refractivity contribution in [2.24, 2.45) is 11.0 Å². The number of hydrazone groups is 1. The summed E-state index contributed by atoms with van der Waals surface area (Å²) in [5.74, 6) is 0.395. The normalized spacial score (nSPS) is 22.7. The van der Waals surface area contributed by atoms with Crippen molar-refractivity contribution >= 4 is 11.6 Å². The maximum atomic E-state index is 11.3. The zero-order chi connectivity index (χ0) is 9.80. The van der Waals surface area contributed by atoms with E-state index in [1.54, 1.807) is 0 Å². The van der Waals surface area contributed by atoms with Gasteiger partial charge in [-0.05, 0) is 38.5 Å². The van der Waals surface area contributed by atoms with Crippen LogP contribution in [0, 0.1) is 5.92 Å². The highest BCUT2D eigenvalue weighted by molar-refractivity contribution is 5.87. The van der Waals surface area contributed by atoms with E-state index in [-0.39, 0.29) is 11.8 Å². The van der Waals surface area contributed by atoms with Crippen LogP contribution < -0.4 is 5.43 Å². The molecule has 3 nitrogen and oxygen atoms in total. The third-order valence-electron chi connectivity index (χ3n) is 2.95. The second kappa shape index (κ2) is 4.58. The Morgan fingerprint density at radius 3 is 2.36 bits per heavy atom. The number of hydrogen-bond acceptors (Lipinski definition) is 2. The fraction of sp³-hybridized carbons (Fsp3) is 0.818. The Morgan fingerprint density at radius 1 is 1.14 bits per heavy atom. The van der Waals surface area contributed by atoms with Crippen LogP contribution >= 0.6 is 0 Å². The summed E-state index contributed by atoms with van der Waals surface area (Å²) in [6.45, 7) is 0. The fourth-order valence-electron chi connectivity index (χ4n) is 1.82. The molecule has 0 unspecified atom stereocenters. The number of carbonyl (C=O) groups excluding carboxylic acids is 1. The fourth-order valence-corrected chi connectivity index (χ4v) is 1.82. The first kappa shape index (κ1) is 9.69. The van der Waals surface area contributed by atoms with E-state index in [1.165, 1.54) is 31.4 Å². The summed E-state index contributed by atoms with van der Waals surface area (Å²) in [6.07, 6.45) is 9.35. The Labute approximate surface area is 85.0 Å². The molecule has 0 radical (unpaired) electrons. The molecule has 0 saturated heterocycles. The Bertz CT molecular complexity index is 234. The number of rotatable bonds is 2. The van der Waals surface area contributed by atoms with Gasteiger partial charge in [0.15, 0.2) is 0 Å². The van der Waals surface area contributed by atoms with Gasteiger partial charge in [0.25, 0.3) is 0 Å². The van der Waals surface area contributed by atoms with E-state index in [0.29, 0.717) is 0 Å². The molecule has 1 N–H and O–H groups in total. The summed E-state index contributed by atoms with van der Waals surface area (Å²) >= 11 is 0. The lowest BCUT2D eigenvalue weighted by molar-refractivity contribution is -0.122. The van der Waals surface area contributed by atoms with Crippen LogP contribution in [0.4, 0.5) is 0 Å². The predicted octanol–water partition coefficient (Wildman–Crippen LogP) is 2.22. The molecular weight excluding hydrogens is 176 g/mol. The van der Waals surface area contributed by atoms with Gasteiger partial charge in [-0.25, -0.2) is 5.43 Å². The summed E-state index contributed by atoms with van der Waals surface area (Å²) in [7, 11) is 0. The van der Waals surface area contributed by atoms with Crippen molar-refractivity contribution in [1.29, 1.82) is 0 Å². The molecule has 14 heavy (non-hydrogen) atoms. The van der Waals surface area contributed by atoms with E-state index < -0.39 is 0 Å². The van der Waals surface area contributed by atoms with Gasteiger partial charge in [0.2, 0.25) is 5.91 Å². The second-order valence-corrected chi connectivity index (χ2v) is 4.34. The van der Waals surface area contributed by atoms with Gasteiger partial charge in [0.1, 0.15) is 0 Å². The first-order chi connectivity index (χ1) is 6.86. The third kappa shape index (κ3) is 2.82. The van der Waals surface area contributed by atoms with Crippen LogP contribution in [0.5, 0.6) is 0 Å². The van der Waals surface area contributed by atoms with Crippen molar-refractivity contribution in [3.8, 4) is 0 Å². The van der Waals surface area contributed by atoms with Crippen LogP contribution in [0.1, 0.15) is 51.4 Å². The van der Waals surface area contributed by atoms with Crippen LogP contribution in [-0.2, 0) is 4.79 Å². The Hall–Kier alpha value is -0.860. The molecule has 0 aromatic heterocycles. The van der Waals surface area contributed by atoms with Crippen LogP contribution in [0.2, 0.25) is 0 Å². The Morgan fingerprint density at radius 2 is 1.79 bits per heavy atom. The third-order valence-corrected chi connectivity index (χ3v) is 2.95. The molecule has 0 heterocycles. The monoisotopic (exact) mass is 194 g/mol. The smallest absolute Gasteiger partial charge is 0.243 e. The highest BCUT2D eigenvalue weighted by atomic mass is 16.2. The molecule has 3 heteroatoms. The van der Waals surface area contributed by atoms with Crippen LogP contribution in [0.15, 0.2) is 5.10 Å². The number of nitrogens with zero attached hydrogens (tertiary/aromatic N) is 1. The van der Waals surface area contributed by atoms with Gasteiger partial charge >= 0.3 is 0 Å². The van der Waals surface area contributed by atoms with Gasteiger partial charge in [-0.3, -0.25) is 4.79 Å². The van der Waals surface area contributed by atoms with E-state index in [4.69, 9.17) is 0 Å². The lowest BCUT2D eigenvalue weighted by Gasteiger charge is -2.02. The first-order valence-corrected chi connectivity index (χ1v) is 5.71. The van der Waals surface area contributed by atoms with Gasteiger partial charge in [0.05, 0.1) is 0 Å².